The largest absolute Gasteiger partial charge is 0.494 e. The zero-order chi connectivity index (χ0) is 18.4. The van der Waals surface area contributed by atoms with Gasteiger partial charge in [0.15, 0.2) is 0 Å². The Bertz CT molecular complexity index is 709. The molecule has 2 aromatic rings. The molecule has 3 rings (SSSR count). The molecule has 1 N–H and O–H groups in total. The van der Waals surface area contributed by atoms with Gasteiger partial charge in [-0.25, -0.2) is 4.98 Å². The van der Waals surface area contributed by atoms with Crippen LogP contribution in [0.5, 0.6) is 5.75 Å². The minimum absolute atomic E-state index is 0.0498. The lowest BCUT2D eigenvalue weighted by atomic mass is 10.2. The van der Waals surface area contributed by atoms with Crippen molar-refractivity contribution in [2.75, 3.05) is 6.61 Å². The number of thioether (sulfide) groups is 1. The van der Waals surface area contributed by atoms with Crippen molar-refractivity contribution in [1.82, 2.24) is 10.3 Å². The van der Waals surface area contributed by atoms with Crippen molar-refractivity contribution in [2.24, 2.45) is 0 Å². The summed E-state index contributed by atoms with van der Waals surface area (Å²) >= 11 is 3.29. The number of ether oxygens (including phenoxy) is 1. The van der Waals surface area contributed by atoms with Gasteiger partial charge in [0, 0.05) is 22.7 Å². The maximum absolute atomic E-state index is 12.3. The average Bonchev–Trinajstić information content (AvgIpc) is 3.32. The molecule has 1 atom stereocenters. The average molecular weight is 391 g/mol. The van der Waals surface area contributed by atoms with Crippen LogP contribution in [0.25, 0.3) is 10.6 Å². The van der Waals surface area contributed by atoms with Crippen LogP contribution in [0.2, 0.25) is 0 Å². The van der Waals surface area contributed by atoms with Gasteiger partial charge in [-0.15, -0.1) is 23.1 Å². The summed E-state index contributed by atoms with van der Waals surface area (Å²) in [7, 11) is 0. The minimum atomic E-state index is -0.0498. The number of aromatic nitrogens is 1. The van der Waals surface area contributed by atoms with Crippen LogP contribution in [-0.2, 0) is 10.5 Å². The summed E-state index contributed by atoms with van der Waals surface area (Å²) in [5, 5.41) is 6.21. The number of thiazole rings is 1. The van der Waals surface area contributed by atoms with Crippen LogP contribution in [0, 0.1) is 0 Å². The summed E-state index contributed by atoms with van der Waals surface area (Å²) in [4.78, 5) is 17.0. The van der Waals surface area contributed by atoms with E-state index >= 15 is 0 Å². The topological polar surface area (TPSA) is 51.2 Å². The number of amides is 1. The van der Waals surface area contributed by atoms with E-state index in [0.29, 0.717) is 12.6 Å². The highest BCUT2D eigenvalue weighted by atomic mass is 32.2. The van der Waals surface area contributed by atoms with Crippen molar-refractivity contribution < 1.29 is 9.53 Å². The molecule has 0 bridgehead atoms. The molecule has 6 heteroatoms. The van der Waals surface area contributed by atoms with Gasteiger partial charge in [0.25, 0.3) is 0 Å². The third-order valence-corrected chi connectivity index (χ3v) is 6.63. The Labute approximate surface area is 163 Å². The molecular weight excluding hydrogens is 364 g/mol. The van der Waals surface area contributed by atoms with Crippen LogP contribution < -0.4 is 10.1 Å². The lowest BCUT2D eigenvalue weighted by molar-refractivity contribution is -0.120. The Kier molecular flexibility index (Phi) is 6.97. The van der Waals surface area contributed by atoms with E-state index in [-0.39, 0.29) is 11.2 Å². The predicted molar refractivity (Wildman–Crippen MR) is 110 cm³/mol. The zero-order valence-electron chi connectivity index (χ0n) is 15.4. The molecule has 1 amide bonds. The summed E-state index contributed by atoms with van der Waals surface area (Å²) in [6.45, 7) is 4.63. The van der Waals surface area contributed by atoms with Gasteiger partial charge in [0.05, 0.1) is 17.6 Å². The Morgan fingerprint density at radius 2 is 2.08 bits per heavy atom. The third kappa shape index (κ3) is 5.24. The third-order valence-electron chi connectivity index (χ3n) is 4.52. The molecule has 0 spiro atoms. The van der Waals surface area contributed by atoms with Gasteiger partial charge in [0.2, 0.25) is 5.91 Å². The molecule has 0 aliphatic heterocycles. The van der Waals surface area contributed by atoms with E-state index < -0.39 is 0 Å². The smallest absolute Gasteiger partial charge is 0.233 e. The molecule has 26 heavy (non-hydrogen) atoms. The van der Waals surface area contributed by atoms with E-state index in [1.807, 2.05) is 38.1 Å². The molecule has 1 fully saturated rings. The summed E-state index contributed by atoms with van der Waals surface area (Å²) < 4.78 is 5.48. The standard InChI is InChI=1S/C20H26N2O2S2/c1-3-24-18-10-8-15(9-11-18)20-22-17(13-26-20)12-25-14(2)19(23)21-16-6-4-5-7-16/h8-11,13-14,16H,3-7,12H2,1-2H3,(H,21,23). The Balaban J connectivity index is 1.50. The molecule has 140 valence electrons. The summed E-state index contributed by atoms with van der Waals surface area (Å²) in [5.74, 6) is 1.79. The summed E-state index contributed by atoms with van der Waals surface area (Å²) in [6.07, 6.45) is 4.72. The van der Waals surface area contributed by atoms with Gasteiger partial charge in [-0.3, -0.25) is 4.79 Å². The van der Waals surface area contributed by atoms with E-state index in [1.54, 1.807) is 23.1 Å². The predicted octanol–water partition coefficient (Wildman–Crippen LogP) is 4.89. The van der Waals surface area contributed by atoms with E-state index in [0.717, 1.165) is 40.6 Å². The number of carbonyl (C=O) groups is 1. The maximum Gasteiger partial charge on any atom is 0.233 e. The first kappa shape index (κ1) is 19.2. The van der Waals surface area contributed by atoms with Gasteiger partial charge in [-0.1, -0.05) is 12.8 Å². The molecule has 1 aromatic carbocycles. The molecule has 0 saturated heterocycles. The lowest BCUT2D eigenvalue weighted by Gasteiger charge is -2.15. The molecule has 1 aliphatic carbocycles. The zero-order valence-corrected chi connectivity index (χ0v) is 17.0. The lowest BCUT2D eigenvalue weighted by Crippen LogP contribution is -2.37. The van der Waals surface area contributed by atoms with Crippen LogP contribution in [-0.4, -0.2) is 28.8 Å². The molecule has 1 aromatic heterocycles. The minimum Gasteiger partial charge on any atom is -0.494 e. The van der Waals surface area contributed by atoms with Crippen molar-refractivity contribution in [3.63, 3.8) is 0 Å². The van der Waals surface area contributed by atoms with Crippen molar-refractivity contribution in [3.8, 4) is 16.3 Å². The molecule has 1 aliphatic rings. The van der Waals surface area contributed by atoms with Gasteiger partial charge in [-0.2, -0.15) is 0 Å². The van der Waals surface area contributed by atoms with Crippen molar-refractivity contribution in [1.29, 1.82) is 0 Å². The highest BCUT2D eigenvalue weighted by Gasteiger charge is 2.21. The van der Waals surface area contributed by atoms with Crippen molar-refractivity contribution >= 4 is 29.0 Å². The highest BCUT2D eigenvalue weighted by molar-refractivity contribution is 7.99. The summed E-state index contributed by atoms with van der Waals surface area (Å²) in [5.41, 5.74) is 2.13. The molecule has 1 unspecified atom stereocenters. The maximum atomic E-state index is 12.3. The van der Waals surface area contributed by atoms with E-state index in [2.05, 4.69) is 10.7 Å². The number of hydrogen-bond acceptors (Lipinski definition) is 5. The monoisotopic (exact) mass is 390 g/mol. The number of nitrogens with one attached hydrogen (secondary N) is 1. The number of carbonyl (C=O) groups excluding carboxylic acids is 1. The number of rotatable bonds is 8. The first-order valence-electron chi connectivity index (χ1n) is 9.25. The van der Waals surface area contributed by atoms with Crippen LogP contribution in [0.15, 0.2) is 29.6 Å². The fourth-order valence-corrected chi connectivity index (χ4v) is 4.76. The number of hydrogen-bond donors (Lipinski definition) is 1. The van der Waals surface area contributed by atoms with Gasteiger partial charge < -0.3 is 10.1 Å². The van der Waals surface area contributed by atoms with Crippen molar-refractivity contribution in [2.45, 2.75) is 56.6 Å². The molecule has 1 saturated carbocycles. The first-order chi connectivity index (χ1) is 12.7. The summed E-state index contributed by atoms with van der Waals surface area (Å²) in [6, 6.07) is 8.42. The van der Waals surface area contributed by atoms with Gasteiger partial charge in [-0.05, 0) is 51.0 Å². The first-order valence-corrected chi connectivity index (χ1v) is 11.2. The van der Waals surface area contributed by atoms with Crippen LogP contribution in [0.4, 0.5) is 0 Å². The van der Waals surface area contributed by atoms with E-state index in [4.69, 9.17) is 9.72 Å². The molecular formula is C20H26N2O2S2. The molecule has 4 nitrogen and oxygen atoms in total. The van der Waals surface area contributed by atoms with Crippen LogP contribution in [0.1, 0.15) is 45.2 Å². The highest BCUT2D eigenvalue weighted by Crippen LogP contribution is 2.28. The normalized spacial score (nSPS) is 15.8. The van der Waals surface area contributed by atoms with E-state index in [9.17, 15) is 4.79 Å². The fraction of sp³-hybridized carbons (Fsp3) is 0.500. The second-order valence-electron chi connectivity index (χ2n) is 6.54. The Morgan fingerprint density at radius 3 is 2.77 bits per heavy atom. The van der Waals surface area contributed by atoms with Crippen molar-refractivity contribution in [3.05, 3.63) is 35.3 Å². The number of nitrogens with zero attached hydrogens (tertiary/aromatic N) is 1. The van der Waals surface area contributed by atoms with Gasteiger partial charge in [0.1, 0.15) is 10.8 Å². The Hall–Kier alpha value is -1.53. The molecule has 0 radical (unpaired) electrons. The Morgan fingerprint density at radius 1 is 1.35 bits per heavy atom. The second-order valence-corrected chi connectivity index (χ2v) is 8.73. The van der Waals surface area contributed by atoms with Crippen LogP contribution in [0.3, 0.4) is 0 Å². The fourth-order valence-electron chi connectivity index (χ4n) is 3.04. The quantitative estimate of drug-likeness (QED) is 0.697. The van der Waals surface area contributed by atoms with Crippen LogP contribution >= 0.6 is 23.1 Å². The van der Waals surface area contributed by atoms with E-state index in [1.165, 1.54) is 12.8 Å². The molecule has 1 heterocycles. The van der Waals surface area contributed by atoms with Gasteiger partial charge >= 0.3 is 0 Å². The SMILES string of the molecule is CCOc1ccc(-c2nc(CSC(C)C(=O)NC3CCCC3)cs2)cc1. The second kappa shape index (κ2) is 9.42. The number of benzene rings is 1.